The first-order valence-electron chi connectivity index (χ1n) is 5.02. The van der Waals surface area contributed by atoms with Crippen LogP contribution in [0.15, 0.2) is 23.1 Å². The predicted molar refractivity (Wildman–Crippen MR) is 57.4 cm³/mol. The zero-order valence-corrected chi connectivity index (χ0v) is 9.42. The molecule has 1 aromatic carbocycles. The van der Waals surface area contributed by atoms with Crippen molar-refractivity contribution in [2.45, 2.75) is 30.8 Å². The summed E-state index contributed by atoms with van der Waals surface area (Å²) in [4.78, 5) is 0.304. The molecule has 0 fully saturated rings. The maximum Gasteiger partial charge on any atom is 0.178 e. The molecule has 0 aliphatic carbocycles. The first kappa shape index (κ1) is 10.6. The van der Waals surface area contributed by atoms with E-state index in [0.717, 1.165) is 5.56 Å². The molecule has 0 spiro atoms. The van der Waals surface area contributed by atoms with Gasteiger partial charge in [-0.05, 0) is 31.4 Å². The molecule has 1 heterocycles. The SMILES string of the molecule is Cc1ccc2c(c1)[C@H](O)CCCS2(=O)=O. The Morgan fingerprint density at radius 1 is 1.40 bits per heavy atom. The summed E-state index contributed by atoms with van der Waals surface area (Å²) < 4.78 is 23.7. The van der Waals surface area contributed by atoms with Gasteiger partial charge in [-0.3, -0.25) is 0 Å². The summed E-state index contributed by atoms with van der Waals surface area (Å²) in [6.45, 7) is 1.89. The Kier molecular flexibility index (Phi) is 2.56. The van der Waals surface area contributed by atoms with Crippen molar-refractivity contribution in [3.63, 3.8) is 0 Å². The highest BCUT2D eigenvalue weighted by molar-refractivity contribution is 7.91. The molecule has 1 atom stereocenters. The molecule has 1 N–H and O–H groups in total. The zero-order chi connectivity index (χ0) is 11.1. The summed E-state index contributed by atoms with van der Waals surface area (Å²) >= 11 is 0. The standard InChI is InChI=1S/C11H14O3S/c1-8-4-5-11-9(7-8)10(12)3-2-6-15(11,13)14/h4-5,7,10,12H,2-3,6H2,1H3/t10-/m1/s1. The van der Waals surface area contributed by atoms with Crippen molar-refractivity contribution in [3.05, 3.63) is 29.3 Å². The first-order chi connectivity index (χ1) is 7.00. The largest absolute Gasteiger partial charge is 0.388 e. The van der Waals surface area contributed by atoms with Gasteiger partial charge in [0.25, 0.3) is 0 Å². The average molecular weight is 226 g/mol. The lowest BCUT2D eigenvalue weighted by Gasteiger charge is -2.11. The van der Waals surface area contributed by atoms with Gasteiger partial charge in [0.15, 0.2) is 9.84 Å². The molecule has 0 saturated carbocycles. The molecule has 0 radical (unpaired) electrons. The third-order valence-electron chi connectivity index (χ3n) is 2.75. The zero-order valence-electron chi connectivity index (χ0n) is 8.60. The first-order valence-corrected chi connectivity index (χ1v) is 6.67. The van der Waals surface area contributed by atoms with Gasteiger partial charge < -0.3 is 5.11 Å². The number of hydrogen-bond acceptors (Lipinski definition) is 3. The lowest BCUT2D eigenvalue weighted by Crippen LogP contribution is -2.06. The van der Waals surface area contributed by atoms with Crippen molar-refractivity contribution in [1.29, 1.82) is 0 Å². The van der Waals surface area contributed by atoms with Crippen molar-refractivity contribution < 1.29 is 13.5 Å². The minimum Gasteiger partial charge on any atom is -0.388 e. The van der Waals surface area contributed by atoms with E-state index in [9.17, 15) is 13.5 Å². The quantitative estimate of drug-likeness (QED) is 0.731. The van der Waals surface area contributed by atoms with Crippen molar-refractivity contribution >= 4 is 9.84 Å². The van der Waals surface area contributed by atoms with Gasteiger partial charge in [-0.15, -0.1) is 0 Å². The monoisotopic (exact) mass is 226 g/mol. The molecular weight excluding hydrogens is 212 g/mol. The molecule has 1 aromatic rings. The summed E-state index contributed by atoms with van der Waals surface area (Å²) in [5, 5.41) is 9.83. The number of aliphatic hydroxyl groups is 1. The van der Waals surface area contributed by atoms with E-state index in [1.807, 2.05) is 6.92 Å². The van der Waals surface area contributed by atoms with E-state index < -0.39 is 15.9 Å². The summed E-state index contributed by atoms with van der Waals surface area (Å²) in [7, 11) is -3.19. The third kappa shape index (κ3) is 1.92. The highest BCUT2D eigenvalue weighted by Gasteiger charge is 2.26. The van der Waals surface area contributed by atoms with Crippen LogP contribution in [0.1, 0.15) is 30.1 Å². The van der Waals surface area contributed by atoms with E-state index in [1.54, 1.807) is 18.2 Å². The van der Waals surface area contributed by atoms with Crippen LogP contribution in [0.4, 0.5) is 0 Å². The molecule has 0 unspecified atom stereocenters. The van der Waals surface area contributed by atoms with Crippen LogP contribution in [0.25, 0.3) is 0 Å². The molecule has 82 valence electrons. The molecule has 1 aliphatic heterocycles. The molecule has 0 bridgehead atoms. The van der Waals surface area contributed by atoms with Crippen LogP contribution in [0.2, 0.25) is 0 Å². The van der Waals surface area contributed by atoms with E-state index in [1.165, 1.54) is 0 Å². The smallest absolute Gasteiger partial charge is 0.178 e. The van der Waals surface area contributed by atoms with Crippen LogP contribution >= 0.6 is 0 Å². The second-order valence-electron chi connectivity index (χ2n) is 4.02. The molecule has 0 aromatic heterocycles. The van der Waals surface area contributed by atoms with Crippen LogP contribution in [0.5, 0.6) is 0 Å². The molecule has 0 amide bonds. The number of benzene rings is 1. The Labute approximate surface area is 89.7 Å². The fourth-order valence-electron chi connectivity index (χ4n) is 1.94. The Hall–Kier alpha value is -0.870. The fraction of sp³-hybridized carbons (Fsp3) is 0.455. The molecular formula is C11H14O3S. The Bertz CT molecular complexity index is 477. The van der Waals surface area contributed by atoms with Gasteiger partial charge in [0.1, 0.15) is 0 Å². The van der Waals surface area contributed by atoms with E-state index >= 15 is 0 Å². The van der Waals surface area contributed by atoms with Gasteiger partial charge in [-0.2, -0.15) is 0 Å². The van der Waals surface area contributed by atoms with Crippen LogP contribution in [0.3, 0.4) is 0 Å². The van der Waals surface area contributed by atoms with Gasteiger partial charge in [-0.25, -0.2) is 8.42 Å². The van der Waals surface area contributed by atoms with E-state index in [2.05, 4.69) is 0 Å². The Morgan fingerprint density at radius 2 is 2.13 bits per heavy atom. The maximum absolute atomic E-state index is 11.8. The van der Waals surface area contributed by atoms with Crippen molar-refractivity contribution in [2.24, 2.45) is 0 Å². The highest BCUT2D eigenvalue weighted by Crippen LogP contribution is 2.31. The van der Waals surface area contributed by atoms with Crippen LogP contribution in [-0.4, -0.2) is 19.3 Å². The number of aryl methyl sites for hydroxylation is 1. The minimum atomic E-state index is -3.19. The van der Waals surface area contributed by atoms with E-state index in [-0.39, 0.29) is 5.75 Å². The second-order valence-corrected chi connectivity index (χ2v) is 6.10. The molecule has 3 nitrogen and oxygen atoms in total. The number of sulfone groups is 1. The second kappa shape index (κ2) is 3.61. The lowest BCUT2D eigenvalue weighted by molar-refractivity contribution is 0.165. The normalized spacial score (nSPS) is 24.3. The summed E-state index contributed by atoms with van der Waals surface area (Å²) in [5.74, 6) is 0.139. The minimum absolute atomic E-state index is 0.139. The van der Waals surface area contributed by atoms with Gasteiger partial charge in [0, 0.05) is 0 Å². The third-order valence-corrected chi connectivity index (χ3v) is 4.62. The fourth-order valence-corrected chi connectivity index (χ4v) is 3.54. The van der Waals surface area contributed by atoms with E-state index in [4.69, 9.17) is 0 Å². The summed E-state index contributed by atoms with van der Waals surface area (Å²) in [5.41, 5.74) is 1.54. The van der Waals surface area contributed by atoms with Crippen LogP contribution < -0.4 is 0 Å². The van der Waals surface area contributed by atoms with E-state index in [0.29, 0.717) is 23.3 Å². The van der Waals surface area contributed by atoms with Crippen molar-refractivity contribution in [2.75, 3.05) is 5.75 Å². The van der Waals surface area contributed by atoms with Gasteiger partial charge in [-0.1, -0.05) is 17.7 Å². The topological polar surface area (TPSA) is 54.4 Å². The number of hydrogen-bond donors (Lipinski definition) is 1. The summed E-state index contributed by atoms with van der Waals surface area (Å²) in [6, 6.07) is 5.14. The van der Waals surface area contributed by atoms with Gasteiger partial charge >= 0.3 is 0 Å². The Balaban J connectivity index is 2.67. The van der Waals surface area contributed by atoms with Gasteiger partial charge in [0.05, 0.1) is 16.8 Å². The van der Waals surface area contributed by atoms with Crippen molar-refractivity contribution in [3.8, 4) is 0 Å². The highest BCUT2D eigenvalue weighted by atomic mass is 32.2. The average Bonchev–Trinajstić information content (AvgIpc) is 2.25. The summed E-state index contributed by atoms with van der Waals surface area (Å²) in [6.07, 6.45) is 0.407. The van der Waals surface area contributed by atoms with Gasteiger partial charge in [0.2, 0.25) is 0 Å². The number of aliphatic hydroxyl groups excluding tert-OH is 1. The van der Waals surface area contributed by atoms with Crippen LogP contribution in [-0.2, 0) is 9.84 Å². The Morgan fingerprint density at radius 3 is 2.87 bits per heavy atom. The number of fused-ring (bicyclic) bond motifs is 1. The predicted octanol–water partition coefficient (Wildman–Crippen LogP) is 1.60. The molecule has 4 heteroatoms. The molecule has 0 saturated heterocycles. The molecule has 2 rings (SSSR count). The maximum atomic E-state index is 11.8. The van der Waals surface area contributed by atoms with Crippen molar-refractivity contribution in [1.82, 2.24) is 0 Å². The lowest BCUT2D eigenvalue weighted by atomic mass is 10.0. The number of rotatable bonds is 0. The van der Waals surface area contributed by atoms with Crippen LogP contribution in [0, 0.1) is 6.92 Å². The molecule has 1 aliphatic rings. The molecule has 15 heavy (non-hydrogen) atoms.